The molecule has 0 amide bonds. The van der Waals surface area contributed by atoms with Crippen molar-refractivity contribution in [3.05, 3.63) is 82.5 Å². The zero-order valence-corrected chi connectivity index (χ0v) is 9.51. The average Bonchev–Trinajstić information content (AvgIpc) is 2.45. The van der Waals surface area contributed by atoms with Crippen molar-refractivity contribution < 1.29 is 0 Å². The molecule has 0 aromatic heterocycles. The molecule has 2 aromatic rings. The van der Waals surface area contributed by atoms with Crippen LogP contribution in [0.3, 0.4) is 0 Å². The molecule has 18 heavy (non-hydrogen) atoms. The molecule has 2 rings (SSSR count). The highest BCUT2D eigenvalue weighted by Crippen LogP contribution is 2.19. The predicted octanol–water partition coefficient (Wildman–Crippen LogP) is 4.19. The lowest BCUT2D eigenvalue weighted by atomic mass is 10.1. The van der Waals surface area contributed by atoms with E-state index in [0.717, 1.165) is 0 Å². The molecule has 2 nitrogen and oxygen atoms in total. The molecule has 0 aliphatic carbocycles. The van der Waals surface area contributed by atoms with Crippen molar-refractivity contribution in [1.82, 2.24) is 0 Å². The quantitative estimate of drug-likeness (QED) is 0.472. The Labute approximate surface area is 106 Å². The first-order valence-corrected chi connectivity index (χ1v) is 5.30. The maximum Gasteiger partial charge on any atom is 0.202 e. The minimum atomic E-state index is 0.533. The summed E-state index contributed by atoms with van der Waals surface area (Å²) in [6.45, 7) is 14.1. The summed E-state index contributed by atoms with van der Waals surface area (Å²) in [6, 6.07) is 14.4. The lowest BCUT2D eigenvalue weighted by molar-refractivity contribution is 1.63. The second-order valence-electron chi connectivity index (χ2n) is 3.51. The van der Waals surface area contributed by atoms with Gasteiger partial charge in [-0.25, -0.2) is 9.69 Å². The van der Waals surface area contributed by atoms with Crippen molar-refractivity contribution in [2.75, 3.05) is 0 Å². The molecule has 0 saturated carbocycles. The molecule has 0 radical (unpaired) electrons. The highest BCUT2D eigenvalue weighted by Gasteiger charge is 1.98. The number of nitrogens with zero attached hydrogens (tertiary/aromatic N) is 2. The Morgan fingerprint density at radius 1 is 0.667 bits per heavy atom. The van der Waals surface area contributed by atoms with E-state index in [0.29, 0.717) is 22.5 Å². The topological polar surface area (TPSA) is 8.72 Å². The first-order valence-electron chi connectivity index (χ1n) is 5.30. The summed E-state index contributed by atoms with van der Waals surface area (Å²) in [4.78, 5) is 6.82. The van der Waals surface area contributed by atoms with Gasteiger partial charge in [0.2, 0.25) is 11.4 Å². The van der Waals surface area contributed by atoms with E-state index in [1.165, 1.54) is 0 Å². The van der Waals surface area contributed by atoms with Gasteiger partial charge < -0.3 is 0 Å². The molecular weight excluding hydrogens is 220 g/mol. The normalized spacial score (nSPS) is 8.56. The Hall–Kier alpha value is -3.02. The summed E-state index contributed by atoms with van der Waals surface area (Å²) >= 11 is 0. The molecule has 0 spiro atoms. The van der Waals surface area contributed by atoms with E-state index >= 15 is 0 Å². The maximum absolute atomic E-state index is 7.05. The number of para-hydroxylation sites is 2. The maximum atomic E-state index is 7.05. The summed E-state index contributed by atoms with van der Waals surface area (Å²) in [5.41, 5.74) is 2.44. The van der Waals surface area contributed by atoms with E-state index in [1.807, 2.05) is 24.3 Å². The molecule has 0 bridgehead atoms. The van der Waals surface area contributed by atoms with Crippen LogP contribution in [0.1, 0.15) is 11.1 Å². The number of benzene rings is 2. The average molecular weight is 228 g/mol. The minimum absolute atomic E-state index is 0.533. The van der Waals surface area contributed by atoms with Crippen molar-refractivity contribution in [3.8, 4) is 11.8 Å². The SMILES string of the molecule is [C-]#[N+]c1ccccc1C#Cc1ccccc1[N+]#[C-]. The van der Waals surface area contributed by atoms with Crippen molar-refractivity contribution in [2.24, 2.45) is 0 Å². The van der Waals surface area contributed by atoms with Gasteiger partial charge in [-0.05, 0) is 0 Å². The standard InChI is InChI=1S/C16H8N2/c1-17-15-9-5-3-7-13(15)11-12-14-8-4-6-10-16(14)18-2/h3-10H. The Balaban J connectivity index is 2.45. The fraction of sp³-hybridized carbons (Fsp3) is 0. The van der Waals surface area contributed by atoms with E-state index in [9.17, 15) is 0 Å². The lowest BCUT2D eigenvalue weighted by Crippen LogP contribution is -1.76. The van der Waals surface area contributed by atoms with E-state index in [-0.39, 0.29) is 0 Å². The third-order valence-corrected chi connectivity index (χ3v) is 2.38. The van der Waals surface area contributed by atoms with Gasteiger partial charge in [0.25, 0.3) is 0 Å². The van der Waals surface area contributed by atoms with Crippen molar-refractivity contribution in [1.29, 1.82) is 0 Å². The van der Waals surface area contributed by atoms with Crippen LogP contribution in [-0.4, -0.2) is 0 Å². The molecular formula is C16H8N2. The van der Waals surface area contributed by atoms with Crippen LogP contribution in [0.2, 0.25) is 0 Å². The van der Waals surface area contributed by atoms with Crippen LogP contribution in [0, 0.1) is 25.0 Å². The molecule has 82 valence electrons. The third-order valence-electron chi connectivity index (χ3n) is 2.38. The molecule has 0 heterocycles. The summed E-state index contributed by atoms with van der Waals surface area (Å²) < 4.78 is 0. The number of rotatable bonds is 0. The summed E-state index contributed by atoms with van der Waals surface area (Å²) in [5, 5.41) is 0. The first-order chi connectivity index (χ1) is 8.85. The van der Waals surface area contributed by atoms with Gasteiger partial charge in [0.05, 0.1) is 13.1 Å². The molecule has 0 atom stereocenters. The van der Waals surface area contributed by atoms with Crippen LogP contribution in [0.15, 0.2) is 48.5 Å². The van der Waals surface area contributed by atoms with Crippen LogP contribution in [0.25, 0.3) is 9.69 Å². The van der Waals surface area contributed by atoms with Crippen LogP contribution >= 0.6 is 0 Å². The molecule has 0 saturated heterocycles. The van der Waals surface area contributed by atoms with E-state index in [4.69, 9.17) is 13.1 Å². The highest BCUT2D eigenvalue weighted by molar-refractivity contribution is 5.64. The Kier molecular flexibility index (Phi) is 3.41. The van der Waals surface area contributed by atoms with E-state index in [1.54, 1.807) is 24.3 Å². The largest absolute Gasteiger partial charge is 0.237 e. The molecule has 0 N–H and O–H groups in total. The van der Waals surface area contributed by atoms with Gasteiger partial charge in [-0.3, -0.25) is 0 Å². The Morgan fingerprint density at radius 2 is 1.06 bits per heavy atom. The third kappa shape index (κ3) is 2.38. The summed E-state index contributed by atoms with van der Waals surface area (Å²) in [5.74, 6) is 5.90. The van der Waals surface area contributed by atoms with Crippen molar-refractivity contribution in [3.63, 3.8) is 0 Å². The number of hydrogen-bond donors (Lipinski definition) is 0. The monoisotopic (exact) mass is 228 g/mol. The summed E-state index contributed by atoms with van der Waals surface area (Å²) in [7, 11) is 0. The fourth-order valence-corrected chi connectivity index (χ4v) is 1.49. The molecule has 2 aromatic carbocycles. The predicted molar refractivity (Wildman–Crippen MR) is 71.4 cm³/mol. The van der Waals surface area contributed by atoms with Gasteiger partial charge in [0.15, 0.2) is 0 Å². The van der Waals surface area contributed by atoms with Crippen LogP contribution in [0.4, 0.5) is 11.4 Å². The molecule has 0 aliphatic heterocycles. The van der Waals surface area contributed by atoms with Gasteiger partial charge in [-0.15, -0.1) is 0 Å². The molecule has 0 unspecified atom stereocenters. The summed E-state index contributed by atoms with van der Waals surface area (Å²) in [6.07, 6.45) is 0. The van der Waals surface area contributed by atoms with Gasteiger partial charge in [-0.1, -0.05) is 60.4 Å². The molecule has 0 fully saturated rings. The molecule has 0 aliphatic rings. The van der Waals surface area contributed by atoms with Crippen LogP contribution in [0.5, 0.6) is 0 Å². The second-order valence-corrected chi connectivity index (χ2v) is 3.51. The Bertz CT molecular complexity index is 657. The van der Waals surface area contributed by atoms with Crippen LogP contribution < -0.4 is 0 Å². The number of hydrogen-bond acceptors (Lipinski definition) is 0. The van der Waals surface area contributed by atoms with Crippen LogP contribution in [-0.2, 0) is 0 Å². The zero-order chi connectivity index (χ0) is 12.8. The van der Waals surface area contributed by atoms with Gasteiger partial charge in [0, 0.05) is 11.1 Å². The lowest BCUT2D eigenvalue weighted by Gasteiger charge is -1.95. The van der Waals surface area contributed by atoms with E-state index in [2.05, 4.69) is 21.5 Å². The van der Waals surface area contributed by atoms with Gasteiger partial charge in [-0.2, -0.15) is 0 Å². The first kappa shape index (κ1) is 11.5. The Morgan fingerprint density at radius 3 is 1.44 bits per heavy atom. The van der Waals surface area contributed by atoms with Gasteiger partial charge >= 0.3 is 0 Å². The highest BCUT2D eigenvalue weighted by atomic mass is 14.6. The van der Waals surface area contributed by atoms with E-state index < -0.39 is 0 Å². The minimum Gasteiger partial charge on any atom is -0.237 e. The van der Waals surface area contributed by atoms with Crippen molar-refractivity contribution in [2.45, 2.75) is 0 Å². The molecule has 2 heteroatoms. The van der Waals surface area contributed by atoms with Crippen molar-refractivity contribution >= 4 is 11.4 Å². The smallest absolute Gasteiger partial charge is 0.202 e. The zero-order valence-electron chi connectivity index (χ0n) is 9.51. The fourth-order valence-electron chi connectivity index (χ4n) is 1.49. The second kappa shape index (κ2) is 5.35. The van der Waals surface area contributed by atoms with Gasteiger partial charge in [0.1, 0.15) is 0 Å².